The van der Waals surface area contributed by atoms with Gasteiger partial charge in [0.2, 0.25) is 0 Å². The molecule has 0 fully saturated rings. The van der Waals surface area contributed by atoms with Gasteiger partial charge in [-0.1, -0.05) is 17.7 Å². The van der Waals surface area contributed by atoms with Gasteiger partial charge >= 0.3 is 0 Å². The summed E-state index contributed by atoms with van der Waals surface area (Å²) in [6.07, 6.45) is 2.35. The molecule has 1 rings (SSSR count). The van der Waals surface area contributed by atoms with E-state index in [1.807, 2.05) is 12.1 Å². The smallest absolute Gasteiger partial charge is 0.251 e. The topological polar surface area (TPSA) is 61.4 Å². The van der Waals surface area contributed by atoms with Crippen LogP contribution >= 0.6 is 11.6 Å². The fourth-order valence-corrected chi connectivity index (χ4v) is 1.43. The van der Waals surface area contributed by atoms with E-state index in [9.17, 15) is 4.79 Å². The Morgan fingerprint density at radius 2 is 2.06 bits per heavy atom. The van der Waals surface area contributed by atoms with Crippen molar-refractivity contribution in [2.45, 2.75) is 6.42 Å². The highest BCUT2D eigenvalue weighted by molar-refractivity contribution is 6.25. The number of hydrogen-bond donors (Lipinski definition) is 3. The van der Waals surface area contributed by atoms with Gasteiger partial charge in [-0.3, -0.25) is 4.79 Å². The van der Waals surface area contributed by atoms with Gasteiger partial charge in [0.1, 0.15) is 0 Å². The number of carbonyl (C=O) groups excluding carboxylic acids is 1. The van der Waals surface area contributed by atoms with Crippen molar-refractivity contribution in [1.29, 1.82) is 0 Å². The van der Waals surface area contributed by atoms with Gasteiger partial charge in [0, 0.05) is 36.5 Å². The van der Waals surface area contributed by atoms with E-state index >= 15 is 0 Å². The predicted molar refractivity (Wildman–Crippen MR) is 74.0 cm³/mol. The second-order valence-corrected chi connectivity index (χ2v) is 3.90. The summed E-state index contributed by atoms with van der Waals surface area (Å²) in [5, 5.41) is 14.5. The summed E-state index contributed by atoms with van der Waals surface area (Å²) in [5.74, 6) is -0.129. The van der Waals surface area contributed by atoms with Crippen molar-refractivity contribution in [1.82, 2.24) is 5.32 Å². The van der Waals surface area contributed by atoms with Crippen LogP contribution < -0.4 is 10.6 Å². The van der Waals surface area contributed by atoms with Crippen molar-refractivity contribution >= 4 is 23.2 Å². The van der Waals surface area contributed by atoms with Crippen molar-refractivity contribution < 1.29 is 9.90 Å². The quantitative estimate of drug-likeness (QED) is 0.663. The Balaban J connectivity index is 2.46. The van der Waals surface area contributed by atoms with Crippen molar-refractivity contribution in [3.8, 4) is 0 Å². The molecule has 0 heterocycles. The maximum atomic E-state index is 11.6. The average molecular weight is 269 g/mol. The van der Waals surface area contributed by atoms with Crippen LogP contribution in [-0.4, -0.2) is 30.7 Å². The molecule has 0 aliphatic heterocycles. The van der Waals surface area contributed by atoms with Gasteiger partial charge in [-0.15, -0.1) is 0 Å². The van der Waals surface area contributed by atoms with Crippen LogP contribution in [-0.2, 0) is 0 Å². The number of halogens is 1. The molecule has 0 aromatic heterocycles. The molecular weight excluding hydrogens is 252 g/mol. The number of anilines is 1. The zero-order chi connectivity index (χ0) is 13.2. The molecule has 0 spiro atoms. The van der Waals surface area contributed by atoms with E-state index < -0.39 is 0 Å². The molecule has 0 radical (unpaired) electrons. The molecule has 0 saturated heterocycles. The number of carbonyl (C=O) groups is 1. The Labute approximate surface area is 112 Å². The molecule has 0 saturated carbocycles. The molecule has 0 atom stereocenters. The zero-order valence-electron chi connectivity index (χ0n) is 10.0. The van der Waals surface area contributed by atoms with Crippen LogP contribution in [0.3, 0.4) is 0 Å². The third kappa shape index (κ3) is 5.21. The van der Waals surface area contributed by atoms with E-state index in [1.54, 1.807) is 18.2 Å². The van der Waals surface area contributed by atoms with Gasteiger partial charge in [0.05, 0.1) is 0 Å². The first-order chi connectivity index (χ1) is 8.77. The van der Waals surface area contributed by atoms with E-state index in [0.717, 1.165) is 5.69 Å². The Morgan fingerprint density at radius 3 is 2.67 bits per heavy atom. The van der Waals surface area contributed by atoms with Crippen LogP contribution in [0, 0.1) is 0 Å². The molecule has 0 aliphatic carbocycles. The first-order valence-electron chi connectivity index (χ1n) is 5.76. The summed E-state index contributed by atoms with van der Waals surface area (Å²) in [7, 11) is 0. The molecule has 4 nitrogen and oxygen atoms in total. The highest BCUT2D eigenvalue weighted by atomic mass is 35.5. The maximum absolute atomic E-state index is 11.6. The van der Waals surface area contributed by atoms with Crippen LogP contribution in [0.5, 0.6) is 0 Å². The first-order valence-corrected chi connectivity index (χ1v) is 6.20. The lowest BCUT2D eigenvalue weighted by molar-refractivity contribution is 0.0951. The van der Waals surface area contributed by atoms with E-state index in [2.05, 4.69) is 10.6 Å². The number of benzene rings is 1. The van der Waals surface area contributed by atoms with Crippen molar-refractivity contribution in [2.75, 3.05) is 25.0 Å². The van der Waals surface area contributed by atoms with Gasteiger partial charge in [-0.05, 0) is 30.7 Å². The monoisotopic (exact) mass is 268 g/mol. The molecule has 5 heteroatoms. The fraction of sp³-hybridized carbons (Fsp3) is 0.308. The minimum atomic E-state index is -0.129. The Bertz CT molecular complexity index is 390. The predicted octanol–water partition coefficient (Wildman–Crippen LogP) is 1.96. The second kappa shape index (κ2) is 8.55. The lowest BCUT2D eigenvalue weighted by Crippen LogP contribution is -2.24. The molecule has 18 heavy (non-hydrogen) atoms. The highest BCUT2D eigenvalue weighted by Gasteiger charge is 2.03. The van der Waals surface area contributed by atoms with Gasteiger partial charge in [-0.2, -0.15) is 0 Å². The molecule has 1 aromatic carbocycles. The van der Waals surface area contributed by atoms with E-state index in [1.165, 1.54) is 5.54 Å². The van der Waals surface area contributed by atoms with Crippen molar-refractivity contribution in [2.24, 2.45) is 0 Å². The summed E-state index contributed by atoms with van der Waals surface area (Å²) in [6.45, 7) is 1.21. The Hall–Kier alpha value is -1.52. The molecule has 0 unspecified atom stereocenters. The third-order valence-electron chi connectivity index (χ3n) is 2.28. The van der Waals surface area contributed by atoms with Crippen LogP contribution in [0.15, 0.2) is 35.9 Å². The number of rotatable bonds is 7. The minimum Gasteiger partial charge on any atom is -0.396 e. The van der Waals surface area contributed by atoms with Crippen LogP contribution in [0.1, 0.15) is 16.8 Å². The summed E-state index contributed by atoms with van der Waals surface area (Å²) < 4.78 is 0. The van der Waals surface area contributed by atoms with E-state index in [4.69, 9.17) is 16.7 Å². The summed E-state index contributed by atoms with van der Waals surface area (Å²) >= 11 is 5.40. The fourth-order valence-electron chi connectivity index (χ4n) is 1.34. The maximum Gasteiger partial charge on any atom is 0.251 e. The highest BCUT2D eigenvalue weighted by Crippen LogP contribution is 2.09. The van der Waals surface area contributed by atoms with Gasteiger partial charge in [-0.25, -0.2) is 0 Å². The normalized spacial score (nSPS) is 10.6. The van der Waals surface area contributed by atoms with Crippen LogP contribution in [0.4, 0.5) is 5.69 Å². The summed E-state index contributed by atoms with van der Waals surface area (Å²) in [6, 6.07) is 7.17. The largest absolute Gasteiger partial charge is 0.396 e. The molecule has 1 aromatic rings. The minimum absolute atomic E-state index is 0.0806. The van der Waals surface area contributed by atoms with Crippen molar-refractivity contribution in [3.63, 3.8) is 0 Å². The Morgan fingerprint density at radius 1 is 1.33 bits per heavy atom. The number of amides is 1. The number of hydrogen-bond acceptors (Lipinski definition) is 3. The Kier molecular flexibility index (Phi) is 6.91. The molecular formula is C13H17ClN2O2. The van der Waals surface area contributed by atoms with Crippen LogP contribution in [0.25, 0.3) is 0 Å². The van der Waals surface area contributed by atoms with Gasteiger partial charge in [0.25, 0.3) is 5.91 Å². The lowest BCUT2D eigenvalue weighted by Gasteiger charge is -2.06. The summed E-state index contributed by atoms with van der Waals surface area (Å²) in [5.41, 5.74) is 2.98. The second-order valence-electron chi connectivity index (χ2n) is 3.65. The molecule has 1 amide bonds. The molecule has 98 valence electrons. The third-order valence-corrected chi connectivity index (χ3v) is 2.46. The molecule has 0 aliphatic rings. The van der Waals surface area contributed by atoms with E-state index in [0.29, 0.717) is 25.1 Å². The lowest BCUT2D eigenvalue weighted by atomic mass is 10.2. The van der Waals surface area contributed by atoms with Crippen LogP contribution in [0.2, 0.25) is 0 Å². The van der Waals surface area contributed by atoms with Crippen molar-refractivity contribution in [3.05, 3.63) is 41.4 Å². The number of aliphatic hydroxyl groups is 1. The van der Waals surface area contributed by atoms with Gasteiger partial charge in [0.15, 0.2) is 0 Å². The van der Waals surface area contributed by atoms with E-state index in [-0.39, 0.29) is 12.5 Å². The molecule has 0 bridgehead atoms. The SMILES string of the molecule is O=C(NCCCO)c1ccc(NC/C=C/Cl)cc1. The first kappa shape index (κ1) is 14.5. The standard InChI is InChI=1S/C13H17ClN2O2/c14-7-1-8-15-12-5-3-11(4-6-12)13(18)16-9-2-10-17/h1,3-7,15,17H,2,8-10H2,(H,16,18)/b7-1+. The number of nitrogens with one attached hydrogen (secondary N) is 2. The van der Waals surface area contributed by atoms with Gasteiger partial charge < -0.3 is 15.7 Å². The zero-order valence-corrected chi connectivity index (χ0v) is 10.8. The number of aliphatic hydroxyl groups excluding tert-OH is 1. The average Bonchev–Trinajstić information content (AvgIpc) is 2.40. The summed E-state index contributed by atoms with van der Waals surface area (Å²) in [4.78, 5) is 11.6. The molecule has 3 N–H and O–H groups in total.